The van der Waals surface area contributed by atoms with Crippen LogP contribution in [0.3, 0.4) is 0 Å². The van der Waals surface area contributed by atoms with Crippen molar-refractivity contribution in [2.24, 2.45) is 0 Å². The lowest BCUT2D eigenvalue weighted by Gasteiger charge is -2.30. The summed E-state index contributed by atoms with van der Waals surface area (Å²) >= 11 is 5.88. The monoisotopic (exact) mass is 263 g/mol. The quantitative estimate of drug-likeness (QED) is 0.833. The lowest BCUT2D eigenvalue weighted by molar-refractivity contribution is 0.480. The van der Waals surface area contributed by atoms with Crippen molar-refractivity contribution < 1.29 is 0 Å². The van der Waals surface area contributed by atoms with Gasteiger partial charge in [0.05, 0.1) is 5.52 Å². The topological polar surface area (TPSA) is 37.8 Å². The summed E-state index contributed by atoms with van der Waals surface area (Å²) < 4.78 is 0. The van der Waals surface area contributed by atoms with Crippen LogP contribution in [0.25, 0.3) is 10.9 Å². The molecule has 1 heterocycles. The summed E-state index contributed by atoms with van der Waals surface area (Å²) in [5, 5.41) is 4.56. The predicted octanol–water partition coefficient (Wildman–Crippen LogP) is 3.84. The van der Waals surface area contributed by atoms with Crippen molar-refractivity contribution in [2.75, 3.05) is 11.2 Å². The Bertz CT molecular complexity index is 524. The van der Waals surface area contributed by atoms with Crippen molar-refractivity contribution in [3.05, 3.63) is 30.6 Å². The highest BCUT2D eigenvalue weighted by Crippen LogP contribution is 2.25. The van der Waals surface area contributed by atoms with Crippen LogP contribution in [0.1, 0.15) is 26.7 Å². The molecule has 0 saturated carbocycles. The molecular formula is C14H18ClN3. The first-order valence-corrected chi connectivity index (χ1v) is 6.76. The van der Waals surface area contributed by atoms with Crippen LogP contribution in [-0.4, -0.2) is 21.4 Å². The van der Waals surface area contributed by atoms with Gasteiger partial charge in [-0.1, -0.05) is 19.1 Å². The average molecular weight is 264 g/mol. The average Bonchev–Trinajstić information content (AvgIpc) is 2.39. The number of halogens is 1. The normalized spacial score (nSPS) is 14.4. The zero-order valence-electron chi connectivity index (χ0n) is 10.8. The molecule has 2 aromatic rings. The number of anilines is 1. The van der Waals surface area contributed by atoms with Gasteiger partial charge in [-0.15, -0.1) is 11.6 Å². The summed E-state index contributed by atoms with van der Waals surface area (Å²) in [6, 6.07) is 8.01. The number of para-hydroxylation sites is 1. The molecule has 0 aliphatic rings. The highest BCUT2D eigenvalue weighted by Gasteiger charge is 2.22. The van der Waals surface area contributed by atoms with Gasteiger partial charge in [0.1, 0.15) is 12.1 Å². The van der Waals surface area contributed by atoms with Crippen LogP contribution < -0.4 is 5.32 Å². The summed E-state index contributed by atoms with van der Waals surface area (Å²) in [5.74, 6) is 1.52. The SMILES string of the molecule is CCC(C)(CCCl)Nc1ncnc2ccccc12. The third-order valence-corrected chi connectivity index (χ3v) is 3.58. The molecule has 2 rings (SSSR count). The molecule has 0 fully saturated rings. The van der Waals surface area contributed by atoms with E-state index in [0.717, 1.165) is 29.6 Å². The molecule has 0 aliphatic heterocycles. The molecule has 0 saturated heterocycles. The van der Waals surface area contributed by atoms with Crippen LogP contribution in [-0.2, 0) is 0 Å². The van der Waals surface area contributed by atoms with Gasteiger partial charge in [0, 0.05) is 16.8 Å². The van der Waals surface area contributed by atoms with Gasteiger partial charge in [0.25, 0.3) is 0 Å². The molecule has 1 unspecified atom stereocenters. The fourth-order valence-electron chi connectivity index (χ4n) is 1.93. The number of rotatable bonds is 5. The van der Waals surface area contributed by atoms with Crippen molar-refractivity contribution >= 4 is 28.3 Å². The Morgan fingerprint density at radius 2 is 2.06 bits per heavy atom. The second-order valence-corrected chi connectivity index (χ2v) is 5.10. The molecule has 3 nitrogen and oxygen atoms in total. The van der Waals surface area contributed by atoms with Gasteiger partial charge < -0.3 is 5.32 Å². The molecule has 1 aromatic carbocycles. The largest absolute Gasteiger partial charge is 0.364 e. The molecule has 0 radical (unpaired) electrons. The molecule has 96 valence electrons. The Hall–Kier alpha value is -1.35. The second kappa shape index (κ2) is 5.53. The molecule has 1 N–H and O–H groups in total. The molecule has 1 aromatic heterocycles. The fraction of sp³-hybridized carbons (Fsp3) is 0.429. The van der Waals surface area contributed by atoms with Crippen LogP contribution in [0.15, 0.2) is 30.6 Å². The van der Waals surface area contributed by atoms with E-state index in [1.165, 1.54) is 0 Å². The maximum absolute atomic E-state index is 5.88. The first-order chi connectivity index (χ1) is 8.68. The predicted molar refractivity (Wildman–Crippen MR) is 77.2 cm³/mol. The van der Waals surface area contributed by atoms with E-state index in [1.807, 2.05) is 24.3 Å². The van der Waals surface area contributed by atoms with Crippen LogP contribution in [0.4, 0.5) is 5.82 Å². The number of hydrogen-bond acceptors (Lipinski definition) is 3. The number of fused-ring (bicyclic) bond motifs is 1. The second-order valence-electron chi connectivity index (χ2n) is 4.72. The standard InChI is InChI=1S/C14H18ClN3/c1-3-14(2,8-9-15)18-13-11-6-4-5-7-12(11)16-10-17-13/h4-7,10H,3,8-9H2,1-2H3,(H,16,17,18). The first kappa shape index (κ1) is 13.1. The van der Waals surface area contributed by atoms with E-state index >= 15 is 0 Å². The van der Waals surface area contributed by atoms with Crippen LogP contribution in [0, 0.1) is 0 Å². The van der Waals surface area contributed by atoms with Gasteiger partial charge in [0.15, 0.2) is 0 Å². The van der Waals surface area contributed by atoms with E-state index < -0.39 is 0 Å². The first-order valence-electron chi connectivity index (χ1n) is 6.22. The lowest BCUT2D eigenvalue weighted by Crippen LogP contribution is -2.34. The van der Waals surface area contributed by atoms with Crippen molar-refractivity contribution in [1.29, 1.82) is 0 Å². The fourth-order valence-corrected chi connectivity index (χ4v) is 2.34. The Labute approximate surface area is 113 Å². The third-order valence-electron chi connectivity index (χ3n) is 3.39. The van der Waals surface area contributed by atoms with Crippen LogP contribution in [0.5, 0.6) is 0 Å². The zero-order chi connectivity index (χ0) is 13.0. The number of hydrogen-bond donors (Lipinski definition) is 1. The summed E-state index contributed by atoms with van der Waals surface area (Å²) in [7, 11) is 0. The van der Waals surface area contributed by atoms with E-state index in [-0.39, 0.29) is 5.54 Å². The molecule has 0 amide bonds. The Kier molecular flexibility index (Phi) is 4.02. The van der Waals surface area contributed by atoms with Gasteiger partial charge in [-0.25, -0.2) is 9.97 Å². The van der Waals surface area contributed by atoms with Crippen molar-refractivity contribution in [3.8, 4) is 0 Å². The Morgan fingerprint density at radius 3 is 2.78 bits per heavy atom. The number of alkyl halides is 1. The van der Waals surface area contributed by atoms with E-state index in [4.69, 9.17) is 11.6 Å². The Morgan fingerprint density at radius 1 is 1.28 bits per heavy atom. The minimum Gasteiger partial charge on any atom is -0.364 e. The van der Waals surface area contributed by atoms with E-state index in [9.17, 15) is 0 Å². The minimum absolute atomic E-state index is 0.0289. The molecule has 1 atom stereocenters. The highest BCUT2D eigenvalue weighted by molar-refractivity contribution is 6.17. The molecular weight excluding hydrogens is 246 g/mol. The number of benzene rings is 1. The Balaban J connectivity index is 2.36. The summed E-state index contributed by atoms with van der Waals surface area (Å²) in [6.07, 6.45) is 3.50. The number of aromatic nitrogens is 2. The van der Waals surface area contributed by atoms with E-state index in [2.05, 4.69) is 29.1 Å². The van der Waals surface area contributed by atoms with Crippen LogP contribution in [0.2, 0.25) is 0 Å². The molecule has 0 bridgehead atoms. The minimum atomic E-state index is -0.0289. The van der Waals surface area contributed by atoms with Gasteiger partial charge in [-0.05, 0) is 31.9 Å². The van der Waals surface area contributed by atoms with Gasteiger partial charge in [0.2, 0.25) is 0 Å². The highest BCUT2D eigenvalue weighted by atomic mass is 35.5. The molecule has 0 aliphatic carbocycles. The molecule has 4 heteroatoms. The van der Waals surface area contributed by atoms with Gasteiger partial charge >= 0.3 is 0 Å². The van der Waals surface area contributed by atoms with Crippen molar-refractivity contribution in [1.82, 2.24) is 9.97 Å². The summed E-state index contributed by atoms with van der Waals surface area (Å²) in [4.78, 5) is 8.62. The summed E-state index contributed by atoms with van der Waals surface area (Å²) in [5.41, 5.74) is 0.929. The van der Waals surface area contributed by atoms with Crippen molar-refractivity contribution in [3.63, 3.8) is 0 Å². The van der Waals surface area contributed by atoms with E-state index in [0.29, 0.717) is 5.88 Å². The number of nitrogens with zero attached hydrogens (tertiary/aromatic N) is 2. The third kappa shape index (κ3) is 2.72. The summed E-state index contributed by atoms with van der Waals surface area (Å²) in [6.45, 7) is 4.33. The zero-order valence-corrected chi connectivity index (χ0v) is 11.5. The van der Waals surface area contributed by atoms with Crippen LogP contribution >= 0.6 is 11.6 Å². The molecule has 18 heavy (non-hydrogen) atoms. The smallest absolute Gasteiger partial charge is 0.137 e. The maximum atomic E-state index is 5.88. The lowest BCUT2D eigenvalue weighted by atomic mass is 9.95. The van der Waals surface area contributed by atoms with Gasteiger partial charge in [-0.3, -0.25) is 0 Å². The van der Waals surface area contributed by atoms with Crippen molar-refractivity contribution in [2.45, 2.75) is 32.2 Å². The molecule has 0 spiro atoms. The maximum Gasteiger partial charge on any atom is 0.137 e. The van der Waals surface area contributed by atoms with Gasteiger partial charge in [-0.2, -0.15) is 0 Å². The van der Waals surface area contributed by atoms with E-state index in [1.54, 1.807) is 6.33 Å². The number of nitrogens with one attached hydrogen (secondary N) is 1.